The third-order valence-corrected chi connectivity index (χ3v) is 4.93. The summed E-state index contributed by atoms with van der Waals surface area (Å²) in [5.74, 6) is -5.36. The number of hydrogen-bond donors (Lipinski definition) is 7. The van der Waals surface area contributed by atoms with Crippen LogP contribution in [-0.4, -0.2) is 81.9 Å². The Morgan fingerprint density at radius 3 is 2.00 bits per heavy atom. The molecule has 14 heteroatoms. The van der Waals surface area contributed by atoms with E-state index in [-0.39, 0.29) is 25.7 Å². The van der Waals surface area contributed by atoms with Gasteiger partial charge in [0.15, 0.2) is 6.04 Å². The molecule has 0 spiro atoms. The number of rotatable bonds is 18. The standard InChI is InChI=1S/C21H36N4O10/c1-3-4-5-6-10-16(26)24-15(20(32)33)11-35-21(34)25-14(9-7-8-13(22)19(30)31)17(27)23-12(2)18(28)29/h12-15H,3-11,22H2,1-2H3,(H,23,27)(H,24,26)(H,25,34)(H,28,29)(H,30,31)(H,32,33)/t12-,13+,14-,15?/m1/s1. The van der Waals surface area contributed by atoms with Gasteiger partial charge >= 0.3 is 24.0 Å². The molecule has 35 heavy (non-hydrogen) atoms. The quantitative estimate of drug-likeness (QED) is 0.121. The van der Waals surface area contributed by atoms with Gasteiger partial charge in [0, 0.05) is 6.42 Å². The molecule has 4 atom stereocenters. The fourth-order valence-corrected chi connectivity index (χ4v) is 2.81. The van der Waals surface area contributed by atoms with E-state index in [0.29, 0.717) is 6.42 Å². The Kier molecular flexibility index (Phi) is 15.4. The summed E-state index contributed by atoms with van der Waals surface area (Å²) in [6.45, 7) is 2.50. The molecule has 0 aromatic rings. The highest BCUT2D eigenvalue weighted by Gasteiger charge is 2.27. The Bertz CT molecular complexity index is 746. The van der Waals surface area contributed by atoms with Gasteiger partial charge in [0.2, 0.25) is 11.8 Å². The molecule has 1 unspecified atom stereocenters. The van der Waals surface area contributed by atoms with Gasteiger partial charge in [-0.25, -0.2) is 9.59 Å². The highest BCUT2D eigenvalue weighted by molar-refractivity contribution is 5.89. The number of amides is 3. The van der Waals surface area contributed by atoms with Crippen LogP contribution in [0.1, 0.15) is 65.2 Å². The normalized spacial score (nSPS) is 14.0. The first kappa shape index (κ1) is 31.6. The van der Waals surface area contributed by atoms with Crippen LogP contribution in [0.4, 0.5) is 4.79 Å². The van der Waals surface area contributed by atoms with Crippen molar-refractivity contribution in [3.8, 4) is 0 Å². The van der Waals surface area contributed by atoms with E-state index in [9.17, 15) is 33.9 Å². The van der Waals surface area contributed by atoms with Gasteiger partial charge in [-0.1, -0.05) is 26.2 Å². The topological polar surface area (TPSA) is 234 Å². The monoisotopic (exact) mass is 504 g/mol. The van der Waals surface area contributed by atoms with E-state index in [4.69, 9.17) is 20.7 Å². The Labute approximate surface area is 202 Å². The number of carboxylic acid groups (broad SMARTS) is 3. The summed E-state index contributed by atoms with van der Waals surface area (Å²) < 4.78 is 4.85. The molecular weight excluding hydrogens is 468 g/mol. The zero-order valence-corrected chi connectivity index (χ0v) is 20.0. The zero-order chi connectivity index (χ0) is 27.0. The second-order valence-corrected chi connectivity index (χ2v) is 8.01. The maximum atomic E-state index is 12.4. The third kappa shape index (κ3) is 14.4. The number of carbonyl (C=O) groups is 6. The van der Waals surface area contributed by atoms with Crippen LogP contribution >= 0.6 is 0 Å². The smallest absolute Gasteiger partial charge is 0.407 e. The van der Waals surface area contributed by atoms with E-state index < -0.39 is 66.6 Å². The maximum Gasteiger partial charge on any atom is 0.407 e. The van der Waals surface area contributed by atoms with E-state index in [1.165, 1.54) is 6.92 Å². The van der Waals surface area contributed by atoms with Crippen molar-refractivity contribution in [3.63, 3.8) is 0 Å². The molecule has 0 aliphatic heterocycles. The first-order valence-corrected chi connectivity index (χ1v) is 11.4. The highest BCUT2D eigenvalue weighted by Crippen LogP contribution is 2.06. The van der Waals surface area contributed by atoms with Gasteiger partial charge in [-0.05, 0) is 32.6 Å². The average Bonchev–Trinajstić information content (AvgIpc) is 2.78. The molecule has 0 fully saturated rings. The lowest BCUT2D eigenvalue weighted by molar-refractivity contribution is -0.143. The molecule has 0 aromatic carbocycles. The van der Waals surface area contributed by atoms with Gasteiger partial charge in [0.25, 0.3) is 0 Å². The summed E-state index contributed by atoms with van der Waals surface area (Å²) in [6, 6.07) is -5.27. The molecule has 14 nitrogen and oxygen atoms in total. The molecule has 3 amide bonds. The summed E-state index contributed by atoms with van der Waals surface area (Å²) >= 11 is 0. The average molecular weight is 505 g/mol. The minimum atomic E-state index is -1.51. The molecule has 0 aliphatic rings. The lowest BCUT2D eigenvalue weighted by Gasteiger charge is -2.21. The van der Waals surface area contributed by atoms with E-state index in [1.807, 2.05) is 6.92 Å². The van der Waals surface area contributed by atoms with Crippen LogP contribution in [0.5, 0.6) is 0 Å². The molecule has 0 heterocycles. The van der Waals surface area contributed by atoms with Gasteiger partial charge < -0.3 is 41.7 Å². The van der Waals surface area contributed by atoms with Crippen LogP contribution in [0.2, 0.25) is 0 Å². The van der Waals surface area contributed by atoms with Crippen molar-refractivity contribution in [2.24, 2.45) is 5.73 Å². The Morgan fingerprint density at radius 1 is 0.800 bits per heavy atom. The fraction of sp³-hybridized carbons (Fsp3) is 0.714. The van der Waals surface area contributed by atoms with Crippen molar-refractivity contribution in [1.29, 1.82) is 0 Å². The summed E-state index contributed by atoms with van der Waals surface area (Å²) in [5.41, 5.74) is 5.41. The number of hydrogen-bond acceptors (Lipinski definition) is 8. The molecule has 0 radical (unpaired) electrons. The van der Waals surface area contributed by atoms with Crippen LogP contribution in [-0.2, 0) is 28.7 Å². The van der Waals surface area contributed by atoms with Crippen LogP contribution in [0, 0.1) is 0 Å². The van der Waals surface area contributed by atoms with Crippen LogP contribution in [0.3, 0.4) is 0 Å². The van der Waals surface area contributed by atoms with E-state index >= 15 is 0 Å². The second-order valence-electron chi connectivity index (χ2n) is 8.01. The van der Waals surface area contributed by atoms with Crippen molar-refractivity contribution in [2.75, 3.05) is 6.61 Å². The number of nitrogens with one attached hydrogen (secondary N) is 3. The first-order valence-electron chi connectivity index (χ1n) is 11.4. The fourth-order valence-electron chi connectivity index (χ4n) is 2.81. The van der Waals surface area contributed by atoms with E-state index in [1.54, 1.807) is 0 Å². The number of alkyl carbamates (subject to hydrolysis) is 1. The van der Waals surface area contributed by atoms with Gasteiger partial charge in [0.05, 0.1) is 0 Å². The minimum Gasteiger partial charge on any atom is -0.480 e. The summed E-state index contributed by atoms with van der Waals surface area (Å²) in [4.78, 5) is 69.7. The van der Waals surface area contributed by atoms with Crippen molar-refractivity contribution in [3.05, 3.63) is 0 Å². The van der Waals surface area contributed by atoms with Crippen molar-refractivity contribution < 1.29 is 48.8 Å². The molecule has 0 bridgehead atoms. The number of carbonyl (C=O) groups excluding carboxylic acids is 3. The number of nitrogens with two attached hydrogens (primary N) is 1. The van der Waals surface area contributed by atoms with E-state index in [0.717, 1.165) is 19.3 Å². The SMILES string of the molecule is CCCCCCC(=O)NC(COC(=O)N[C@H](CCC[C@H](N)C(=O)O)C(=O)N[C@H](C)C(=O)O)C(=O)O. The first-order chi connectivity index (χ1) is 16.4. The van der Waals surface area contributed by atoms with Gasteiger partial charge in [-0.3, -0.25) is 19.2 Å². The Hall–Kier alpha value is -3.42. The number of aliphatic carboxylic acids is 3. The van der Waals surface area contributed by atoms with Crippen LogP contribution < -0.4 is 21.7 Å². The van der Waals surface area contributed by atoms with Gasteiger partial charge in [-0.2, -0.15) is 0 Å². The predicted octanol–water partition coefficient (Wildman–Crippen LogP) is -0.207. The molecular formula is C21H36N4O10. The molecule has 0 aromatic heterocycles. The van der Waals surface area contributed by atoms with Gasteiger partial charge in [-0.15, -0.1) is 0 Å². The summed E-state index contributed by atoms with van der Waals surface area (Å²) in [5, 5.41) is 33.7. The summed E-state index contributed by atoms with van der Waals surface area (Å²) in [6.07, 6.45) is 2.26. The predicted molar refractivity (Wildman–Crippen MR) is 121 cm³/mol. The summed E-state index contributed by atoms with van der Waals surface area (Å²) in [7, 11) is 0. The maximum absolute atomic E-state index is 12.4. The zero-order valence-electron chi connectivity index (χ0n) is 20.0. The minimum absolute atomic E-state index is 0.0182. The number of ether oxygens (including phenoxy) is 1. The third-order valence-electron chi connectivity index (χ3n) is 4.93. The van der Waals surface area contributed by atoms with Crippen molar-refractivity contribution >= 4 is 35.8 Å². The molecule has 0 rings (SSSR count). The Morgan fingerprint density at radius 2 is 1.46 bits per heavy atom. The van der Waals surface area contributed by atoms with Crippen LogP contribution in [0.25, 0.3) is 0 Å². The molecule has 200 valence electrons. The number of unbranched alkanes of at least 4 members (excludes halogenated alkanes) is 3. The van der Waals surface area contributed by atoms with Crippen LogP contribution in [0.15, 0.2) is 0 Å². The molecule has 0 saturated carbocycles. The Balaban J connectivity index is 4.95. The lowest BCUT2D eigenvalue weighted by Crippen LogP contribution is -2.51. The van der Waals surface area contributed by atoms with Gasteiger partial charge in [0.1, 0.15) is 24.7 Å². The molecule has 0 aliphatic carbocycles. The number of carboxylic acids is 3. The molecule has 8 N–H and O–H groups in total. The lowest BCUT2D eigenvalue weighted by atomic mass is 10.0. The van der Waals surface area contributed by atoms with Crippen molar-refractivity contribution in [2.45, 2.75) is 89.4 Å². The molecule has 0 saturated heterocycles. The second kappa shape index (κ2) is 17.1. The highest BCUT2D eigenvalue weighted by atomic mass is 16.6. The van der Waals surface area contributed by atoms with E-state index in [2.05, 4.69) is 16.0 Å². The largest absolute Gasteiger partial charge is 0.480 e. The van der Waals surface area contributed by atoms with Crippen molar-refractivity contribution in [1.82, 2.24) is 16.0 Å².